The third-order valence-electron chi connectivity index (χ3n) is 3.75. The van der Waals surface area contributed by atoms with Gasteiger partial charge < -0.3 is 24.7 Å². The average Bonchev–Trinajstić information content (AvgIpc) is 3.07. The lowest BCUT2D eigenvalue weighted by Gasteiger charge is -2.22. The summed E-state index contributed by atoms with van der Waals surface area (Å²) in [6, 6.07) is 3.69. The number of halogens is 1. The highest BCUT2D eigenvalue weighted by Gasteiger charge is 2.15. The summed E-state index contributed by atoms with van der Waals surface area (Å²) in [5, 5.41) is 16.9. The Bertz CT molecular complexity index is 724. The minimum Gasteiger partial charge on any atom is -0.493 e. The summed E-state index contributed by atoms with van der Waals surface area (Å²) in [6.45, 7) is 6.16. The van der Waals surface area contributed by atoms with Crippen molar-refractivity contribution in [1.82, 2.24) is 14.9 Å². The number of imidazole rings is 1. The number of aliphatic hydroxyl groups excluding tert-OH is 1. The molecule has 0 aliphatic carbocycles. The molecule has 0 saturated carbocycles. The normalized spacial score (nSPS) is 10.4. The molecule has 0 spiro atoms. The van der Waals surface area contributed by atoms with Crippen LogP contribution in [0.15, 0.2) is 18.3 Å². The summed E-state index contributed by atoms with van der Waals surface area (Å²) in [5.74, 6) is 2.18. The second-order valence-corrected chi connectivity index (χ2v) is 6.38. The number of nitrogens with zero attached hydrogens (tertiary/aromatic N) is 2. The van der Waals surface area contributed by atoms with E-state index in [1.54, 1.807) is 13.2 Å². The van der Waals surface area contributed by atoms with Crippen molar-refractivity contribution in [2.24, 2.45) is 0 Å². The number of hydrogen-bond acceptors (Lipinski definition) is 6. The number of ether oxygens (including phenoxy) is 2. The van der Waals surface area contributed by atoms with Gasteiger partial charge in [0.05, 0.1) is 20.3 Å². The van der Waals surface area contributed by atoms with Gasteiger partial charge in [-0.3, -0.25) is 9.69 Å². The second-order valence-electron chi connectivity index (χ2n) is 5.98. The molecule has 0 fully saturated rings. The molecule has 3 N–H and O–H groups in total. The molecule has 1 aromatic carbocycles. The van der Waals surface area contributed by atoms with Crippen molar-refractivity contribution in [3.63, 3.8) is 0 Å². The van der Waals surface area contributed by atoms with Crippen molar-refractivity contribution >= 4 is 18.1 Å². The van der Waals surface area contributed by atoms with Crippen molar-refractivity contribution in [3.05, 3.63) is 40.4 Å². The molecule has 1 aromatic heterocycles. The number of nitrogens with one attached hydrogen (secondary N) is 1. The molecule has 156 valence electrons. The van der Waals surface area contributed by atoms with E-state index in [9.17, 15) is 5.11 Å². The topological polar surface area (TPSA) is 108 Å². The zero-order chi connectivity index (χ0) is 20.9. The van der Waals surface area contributed by atoms with E-state index in [0.717, 1.165) is 23.5 Å². The third-order valence-corrected chi connectivity index (χ3v) is 4.11. The van der Waals surface area contributed by atoms with Crippen LogP contribution in [0.1, 0.15) is 30.4 Å². The van der Waals surface area contributed by atoms with Crippen molar-refractivity contribution in [2.75, 3.05) is 26.9 Å². The summed E-state index contributed by atoms with van der Waals surface area (Å²) < 4.78 is 11.1. The van der Waals surface area contributed by atoms with Crippen molar-refractivity contribution in [1.29, 1.82) is 0 Å². The van der Waals surface area contributed by atoms with E-state index in [-0.39, 0.29) is 13.1 Å². The van der Waals surface area contributed by atoms with Crippen LogP contribution in [0, 0.1) is 6.92 Å². The fraction of sp³-hybridized carbons (Fsp3) is 0.474. The Labute approximate surface area is 170 Å². The van der Waals surface area contributed by atoms with Crippen LogP contribution in [0.25, 0.3) is 0 Å². The molecule has 9 heteroatoms. The van der Waals surface area contributed by atoms with Gasteiger partial charge in [0.2, 0.25) is 0 Å². The summed E-state index contributed by atoms with van der Waals surface area (Å²) in [6.07, 6.45) is 2.72. The highest BCUT2D eigenvalue weighted by molar-refractivity contribution is 6.31. The van der Waals surface area contributed by atoms with Crippen molar-refractivity contribution in [2.45, 2.75) is 33.4 Å². The highest BCUT2D eigenvalue weighted by atomic mass is 35.5. The fourth-order valence-corrected chi connectivity index (χ4v) is 2.79. The van der Waals surface area contributed by atoms with Crippen LogP contribution in [-0.4, -0.2) is 58.4 Å². The van der Waals surface area contributed by atoms with Crippen molar-refractivity contribution in [3.8, 4) is 11.5 Å². The van der Waals surface area contributed by atoms with Crippen LogP contribution >= 0.6 is 11.6 Å². The Balaban J connectivity index is 0.00000122. The van der Waals surface area contributed by atoms with Crippen LogP contribution in [0.3, 0.4) is 0 Å². The smallest absolute Gasteiger partial charge is 0.290 e. The zero-order valence-electron chi connectivity index (χ0n) is 16.4. The van der Waals surface area contributed by atoms with E-state index in [4.69, 9.17) is 31.0 Å². The van der Waals surface area contributed by atoms with E-state index >= 15 is 0 Å². The van der Waals surface area contributed by atoms with E-state index < -0.39 is 0 Å². The molecule has 0 saturated heterocycles. The SMILES string of the molecule is CCCOc1cc(Cl)c(CN(CCO)Cc2cnc(C)[nH]2)cc1OC.O=CO. The molecule has 1 heterocycles. The zero-order valence-corrected chi connectivity index (χ0v) is 17.2. The number of methoxy groups -OCH3 is 1. The maximum Gasteiger partial charge on any atom is 0.290 e. The molecule has 0 amide bonds. The number of aliphatic hydroxyl groups is 1. The van der Waals surface area contributed by atoms with Gasteiger partial charge in [0, 0.05) is 42.6 Å². The highest BCUT2D eigenvalue weighted by Crippen LogP contribution is 2.34. The third kappa shape index (κ3) is 7.75. The van der Waals surface area contributed by atoms with Gasteiger partial charge in [0.15, 0.2) is 11.5 Å². The van der Waals surface area contributed by atoms with Crippen LogP contribution < -0.4 is 9.47 Å². The van der Waals surface area contributed by atoms with Gasteiger partial charge in [0.1, 0.15) is 5.82 Å². The number of hydrogen-bond donors (Lipinski definition) is 3. The average molecular weight is 414 g/mol. The van der Waals surface area contributed by atoms with Crippen molar-refractivity contribution < 1.29 is 24.5 Å². The summed E-state index contributed by atoms with van der Waals surface area (Å²) in [5.41, 5.74) is 1.92. The van der Waals surface area contributed by atoms with E-state index in [0.29, 0.717) is 42.8 Å². The Morgan fingerprint density at radius 1 is 1.32 bits per heavy atom. The molecule has 0 aliphatic heterocycles. The van der Waals surface area contributed by atoms with Gasteiger partial charge in [-0.2, -0.15) is 0 Å². The van der Waals surface area contributed by atoms with Gasteiger partial charge in [-0.25, -0.2) is 4.98 Å². The summed E-state index contributed by atoms with van der Waals surface area (Å²) >= 11 is 6.44. The van der Waals surface area contributed by atoms with Crippen LogP contribution in [-0.2, 0) is 17.9 Å². The molecule has 0 bridgehead atoms. The van der Waals surface area contributed by atoms with E-state index in [1.807, 2.05) is 26.1 Å². The molecule has 28 heavy (non-hydrogen) atoms. The number of aryl methyl sites for hydroxylation is 1. The van der Waals surface area contributed by atoms with Gasteiger partial charge in [-0.1, -0.05) is 18.5 Å². The minimum atomic E-state index is -0.250. The molecule has 2 aromatic rings. The lowest BCUT2D eigenvalue weighted by atomic mass is 10.1. The second kappa shape index (κ2) is 13.0. The first kappa shape index (κ1) is 23.7. The first-order valence-corrected chi connectivity index (χ1v) is 9.27. The largest absolute Gasteiger partial charge is 0.493 e. The molecule has 0 atom stereocenters. The van der Waals surface area contributed by atoms with Crippen LogP contribution in [0.4, 0.5) is 0 Å². The van der Waals surface area contributed by atoms with Gasteiger partial charge in [-0.05, 0) is 25.0 Å². The number of H-pyrrole nitrogens is 1. The number of aromatic amines is 1. The molecule has 8 nitrogen and oxygen atoms in total. The molecule has 0 unspecified atom stereocenters. The Hall–Kier alpha value is -2.29. The Morgan fingerprint density at radius 3 is 2.57 bits per heavy atom. The monoisotopic (exact) mass is 413 g/mol. The van der Waals surface area contributed by atoms with Crippen LogP contribution in [0.2, 0.25) is 5.02 Å². The predicted molar refractivity (Wildman–Crippen MR) is 107 cm³/mol. The van der Waals surface area contributed by atoms with Crippen LogP contribution in [0.5, 0.6) is 11.5 Å². The molecular formula is C19H28ClN3O5. The Kier molecular flexibility index (Phi) is 11.0. The molecule has 2 rings (SSSR count). The molecule has 0 aliphatic rings. The maximum atomic E-state index is 9.36. The lowest BCUT2D eigenvalue weighted by molar-refractivity contribution is -0.122. The standard InChI is InChI=1S/C18H26ClN3O3.CH2O2/c1-4-7-25-18-9-16(19)14(8-17(18)24-3)11-22(5-6-23)12-15-10-20-13(2)21-15;2-1-3/h8-10,23H,4-7,11-12H2,1-3H3,(H,20,21);1H,(H,2,3). The fourth-order valence-electron chi connectivity index (χ4n) is 2.57. The molecular weight excluding hydrogens is 386 g/mol. The van der Waals surface area contributed by atoms with Gasteiger partial charge >= 0.3 is 0 Å². The predicted octanol–water partition coefficient (Wildman–Crippen LogP) is 2.86. The summed E-state index contributed by atoms with van der Waals surface area (Å²) in [4.78, 5) is 17.9. The first-order valence-electron chi connectivity index (χ1n) is 8.89. The quantitative estimate of drug-likeness (QED) is 0.514. The van der Waals surface area contributed by atoms with E-state index in [1.165, 1.54) is 0 Å². The van der Waals surface area contributed by atoms with E-state index in [2.05, 4.69) is 14.9 Å². The number of benzene rings is 1. The molecule has 0 radical (unpaired) electrons. The summed E-state index contributed by atoms with van der Waals surface area (Å²) in [7, 11) is 1.62. The lowest BCUT2D eigenvalue weighted by Crippen LogP contribution is -2.26. The first-order chi connectivity index (χ1) is 13.5. The number of aromatic nitrogens is 2. The minimum absolute atomic E-state index is 0.0690. The van der Waals surface area contributed by atoms with Gasteiger partial charge in [-0.15, -0.1) is 0 Å². The maximum absolute atomic E-state index is 9.36. The number of carboxylic acid groups (broad SMARTS) is 1. The number of rotatable bonds is 10. The number of carbonyl (C=O) groups is 1. The Morgan fingerprint density at radius 2 is 2.04 bits per heavy atom. The van der Waals surface area contributed by atoms with Gasteiger partial charge in [0.25, 0.3) is 6.47 Å².